The number of nitrogens with zero attached hydrogens (tertiary/aromatic N) is 4. The summed E-state index contributed by atoms with van der Waals surface area (Å²) in [5, 5.41) is 6.51. The second-order valence-corrected chi connectivity index (χ2v) is 12.5. The normalized spacial score (nSPS) is 20.1. The summed E-state index contributed by atoms with van der Waals surface area (Å²) >= 11 is 0.886. The van der Waals surface area contributed by atoms with E-state index in [1.165, 1.54) is 11.0 Å². The third-order valence-electron chi connectivity index (χ3n) is 7.20. The van der Waals surface area contributed by atoms with Crippen molar-refractivity contribution in [1.82, 2.24) is 20.2 Å². The lowest BCUT2D eigenvalue weighted by Crippen LogP contribution is -2.43. The molecule has 1 aromatic carbocycles. The van der Waals surface area contributed by atoms with Crippen molar-refractivity contribution in [2.45, 2.75) is 29.8 Å². The van der Waals surface area contributed by atoms with Gasteiger partial charge in [0.25, 0.3) is 5.91 Å². The van der Waals surface area contributed by atoms with Crippen LogP contribution in [0.25, 0.3) is 10.6 Å². The molecule has 1 unspecified atom stereocenters. The second kappa shape index (κ2) is 10.2. The molecule has 206 valence electrons. The molecule has 1 saturated carbocycles. The highest BCUT2D eigenvalue weighted by Crippen LogP contribution is 2.46. The van der Waals surface area contributed by atoms with Crippen molar-refractivity contribution in [3.8, 4) is 10.6 Å². The van der Waals surface area contributed by atoms with Crippen LogP contribution < -0.4 is 15.5 Å². The number of amides is 1. The highest BCUT2D eigenvalue weighted by atomic mass is 32.2. The number of hydrogen-bond donors (Lipinski definition) is 2. The number of carbonyl (C=O) groups excluding carboxylic acids is 1. The van der Waals surface area contributed by atoms with Gasteiger partial charge in [-0.05, 0) is 48.6 Å². The number of halogens is 3. The third kappa shape index (κ3) is 5.27. The number of aromatic nitrogens is 2. The van der Waals surface area contributed by atoms with Crippen molar-refractivity contribution in [2.75, 3.05) is 55.7 Å². The molecule has 3 aromatic rings. The first kappa shape index (κ1) is 26.2. The molecule has 1 atom stereocenters. The molecular formula is C26H27F3N6O2S2. The SMILES string of the molecule is CN1CCS(=O)c2cc(-c3nc(Nc4ccc(N5CCNCC5)cc4C4CC4)ncc3C(F)(F)F)sc2C1=O. The molecular weight excluding hydrogens is 549 g/mol. The van der Waals surface area contributed by atoms with Crippen molar-refractivity contribution in [2.24, 2.45) is 0 Å². The summed E-state index contributed by atoms with van der Waals surface area (Å²) in [6.07, 6.45) is -1.83. The average Bonchev–Trinajstić information content (AvgIpc) is 3.69. The van der Waals surface area contributed by atoms with Crippen LogP contribution in [0.4, 0.5) is 30.5 Å². The van der Waals surface area contributed by atoms with Gasteiger partial charge in [-0.2, -0.15) is 13.2 Å². The minimum absolute atomic E-state index is 0.0305. The molecule has 2 fully saturated rings. The first-order chi connectivity index (χ1) is 18.7. The van der Waals surface area contributed by atoms with Crippen molar-refractivity contribution in [3.05, 3.63) is 46.5 Å². The maximum Gasteiger partial charge on any atom is 0.420 e. The molecule has 1 amide bonds. The van der Waals surface area contributed by atoms with Crippen LogP contribution >= 0.6 is 11.3 Å². The van der Waals surface area contributed by atoms with E-state index in [2.05, 4.69) is 31.6 Å². The number of fused-ring (bicyclic) bond motifs is 1. The molecule has 2 aliphatic heterocycles. The maximum absolute atomic E-state index is 14.0. The van der Waals surface area contributed by atoms with Crippen LogP contribution in [0.5, 0.6) is 0 Å². The Morgan fingerprint density at radius 2 is 1.92 bits per heavy atom. The molecule has 0 spiro atoms. The van der Waals surface area contributed by atoms with Crippen LogP contribution in [-0.4, -0.2) is 70.5 Å². The summed E-state index contributed by atoms with van der Waals surface area (Å²) in [7, 11) is 0.0922. The van der Waals surface area contributed by atoms with Gasteiger partial charge in [0.15, 0.2) is 0 Å². The largest absolute Gasteiger partial charge is 0.420 e. The van der Waals surface area contributed by atoms with Gasteiger partial charge in [-0.25, -0.2) is 9.97 Å². The van der Waals surface area contributed by atoms with Gasteiger partial charge in [0.2, 0.25) is 5.95 Å². The van der Waals surface area contributed by atoms with Gasteiger partial charge in [-0.15, -0.1) is 11.3 Å². The number of benzene rings is 1. The Kier molecular flexibility index (Phi) is 6.84. The number of hydrogen-bond acceptors (Lipinski definition) is 8. The quantitative estimate of drug-likeness (QED) is 0.464. The summed E-state index contributed by atoms with van der Waals surface area (Å²) < 4.78 is 54.8. The van der Waals surface area contributed by atoms with E-state index in [0.29, 0.717) is 12.5 Å². The zero-order valence-corrected chi connectivity index (χ0v) is 22.8. The van der Waals surface area contributed by atoms with E-state index < -0.39 is 22.5 Å². The lowest BCUT2D eigenvalue weighted by molar-refractivity contribution is -0.137. The molecule has 1 saturated heterocycles. The summed E-state index contributed by atoms with van der Waals surface area (Å²) in [6, 6.07) is 7.52. The molecule has 13 heteroatoms. The lowest BCUT2D eigenvalue weighted by Gasteiger charge is -2.30. The molecule has 8 nitrogen and oxygen atoms in total. The number of piperazine rings is 1. The molecule has 0 bridgehead atoms. The number of thiophene rings is 1. The van der Waals surface area contributed by atoms with E-state index in [4.69, 9.17) is 0 Å². The van der Waals surface area contributed by atoms with Crippen molar-refractivity contribution < 1.29 is 22.2 Å². The Morgan fingerprint density at radius 1 is 1.15 bits per heavy atom. The first-order valence-electron chi connectivity index (χ1n) is 12.8. The lowest BCUT2D eigenvalue weighted by atomic mass is 10.1. The van der Waals surface area contributed by atoms with Gasteiger partial charge in [-0.1, -0.05) is 0 Å². The molecule has 2 N–H and O–H groups in total. The van der Waals surface area contributed by atoms with Crippen molar-refractivity contribution >= 4 is 45.4 Å². The molecule has 3 aliphatic rings. The number of carbonyl (C=O) groups is 1. The van der Waals surface area contributed by atoms with Gasteiger partial charge in [0.05, 0.1) is 26.3 Å². The second-order valence-electron chi connectivity index (χ2n) is 9.94. The smallest absolute Gasteiger partial charge is 0.369 e. The van der Waals surface area contributed by atoms with Crippen LogP contribution in [-0.2, 0) is 17.0 Å². The summed E-state index contributed by atoms with van der Waals surface area (Å²) in [5.41, 5.74) is 1.65. The van der Waals surface area contributed by atoms with E-state index in [0.717, 1.165) is 73.5 Å². The fourth-order valence-corrected chi connectivity index (χ4v) is 7.62. The van der Waals surface area contributed by atoms with E-state index in [1.807, 2.05) is 12.1 Å². The first-order valence-corrected chi connectivity index (χ1v) is 14.9. The predicted octanol–water partition coefficient (Wildman–Crippen LogP) is 4.45. The average molecular weight is 577 g/mol. The van der Waals surface area contributed by atoms with Crippen LogP contribution in [0.2, 0.25) is 0 Å². The van der Waals surface area contributed by atoms with E-state index in [-0.39, 0.29) is 38.0 Å². The number of alkyl halides is 3. The van der Waals surface area contributed by atoms with Crippen LogP contribution in [0.15, 0.2) is 35.4 Å². The molecule has 39 heavy (non-hydrogen) atoms. The molecule has 1 aliphatic carbocycles. The fourth-order valence-electron chi connectivity index (χ4n) is 4.89. The summed E-state index contributed by atoms with van der Waals surface area (Å²) in [6.45, 7) is 3.98. The standard InChI is InChI=1S/C26H27F3N6O2S2/c1-34-10-11-39(37)21-13-20(38-23(21)24(34)36)22-18(26(27,28)29)14-31-25(33-22)32-19-5-4-16(12-17(19)15-2-3-15)35-8-6-30-7-9-35/h4-5,12-15,30H,2-3,6-11H2,1H3,(H,31,32,33). The maximum atomic E-state index is 14.0. The van der Waals surface area contributed by atoms with Crippen molar-refractivity contribution in [3.63, 3.8) is 0 Å². The van der Waals surface area contributed by atoms with Gasteiger partial charge >= 0.3 is 6.18 Å². The zero-order chi connectivity index (χ0) is 27.3. The molecule has 4 heterocycles. The highest BCUT2D eigenvalue weighted by molar-refractivity contribution is 7.85. The van der Waals surface area contributed by atoms with Gasteiger partial charge in [-0.3, -0.25) is 9.00 Å². The van der Waals surface area contributed by atoms with Crippen LogP contribution in [0.1, 0.15) is 39.6 Å². The topological polar surface area (TPSA) is 90.5 Å². The van der Waals surface area contributed by atoms with Crippen LogP contribution in [0, 0.1) is 0 Å². The van der Waals surface area contributed by atoms with E-state index >= 15 is 0 Å². The minimum atomic E-state index is -4.71. The molecule has 2 aromatic heterocycles. The molecule has 0 radical (unpaired) electrons. The minimum Gasteiger partial charge on any atom is -0.369 e. The number of nitrogens with one attached hydrogen (secondary N) is 2. The summed E-state index contributed by atoms with van der Waals surface area (Å²) in [4.78, 5) is 25.4. The highest BCUT2D eigenvalue weighted by Gasteiger charge is 2.37. The Balaban J connectivity index is 1.37. The molecule has 6 rings (SSSR count). The summed E-state index contributed by atoms with van der Waals surface area (Å²) in [5.74, 6) is 0.284. The Hall–Kier alpha value is -3.03. The Morgan fingerprint density at radius 3 is 2.64 bits per heavy atom. The van der Waals surface area contributed by atoms with E-state index in [1.54, 1.807) is 7.05 Å². The monoisotopic (exact) mass is 576 g/mol. The van der Waals surface area contributed by atoms with Gasteiger partial charge in [0, 0.05) is 63.1 Å². The fraction of sp³-hybridized carbons (Fsp3) is 0.423. The van der Waals surface area contributed by atoms with Gasteiger partial charge < -0.3 is 20.4 Å². The number of anilines is 3. The zero-order valence-electron chi connectivity index (χ0n) is 21.2. The van der Waals surface area contributed by atoms with E-state index in [9.17, 15) is 22.2 Å². The third-order valence-corrected chi connectivity index (χ3v) is 9.83. The Labute approximate surface area is 230 Å². The van der Waals surface area contributed by atoms with Crippen LogP contribution in [0.3, 0.4) is 0 Å². The predicted molar refractivity (Wildman–Crippen MR) is 145 cm³/mol. The van der Waals surface area contributed by atoms with Gasteiger partial charge in [0.1, 0.15) is 10.4 Å². The van der Waals surface area contributed by atoms with Crippen molar-refractivity contribution in [1.29, 1.82) is 0 Å². The number of rotatable bonds is 5. The Bertz CT molecular complexity index is 1450.